The van der Waals surface area contributed by atoms with Crippen molar-refractivity contribution in [2.45, 2.75) is 19.4 Å². The van der Waals surface area contributed by atoms with Gasteiger partial charge in [-0.05, 0) is 12.1 Å². The third-order valence-electron chi connectivity index (χ3n) is 4.56. The number of aromatic nitrogens is 3. The van der Waals surface area contributed by atoms with Crippen molar-refractivity contribution in [3.8, 4) is 11.4 Å². The van der Waals surface area contributed by atoms with Crippen LogP contribution in [0.25, 0.3) is 11.4 Å². The van der Waals surface area contributed by atoms with Crippen LogP contribution in [-0.4, -0.2) is 46.5 Å². The second-order valence-corrected chi connectivity index (χ2v) is 8.37. The minimum atomic E-state index is -3.12. The average molecular weight is 358 g/mol. The van der Waals surface area contributed by atoms with E-state index >= 15 is 0 Å². The van der Waals surface area contributed by atoms with Gasteiger partial charge in [0.05, 0.1) is 23.7 Å². The molecule has 2 aliphatic heterocycles. The fourth-order valence-electron chi connectivity index (χ4n) is 3.27. The van der Waals surface area contributed by atoms with Crippen molar-refractivity contribution in [2.75, 3.05) is 12.3 Å². The smallest absolute Gasteiger partial charge is 0.223 e. The van der Waals surface area contributed by atoms with Crippen LogP contribution in [-0.2, 0) is 27.6 Å². The van der Waals surface area contributed by atoms with Gasteiger partial charge in [-0.25, -0.2) is 13.4 Å². The summed E-state index contributed by atoms with van der Waals surface area (Å²) in [5.74, 6) is 0.561. The molecule has 2 aromatic heterocycles. The number of carbonyl (C=O) groups excluding carboxylic acids is 1. The van der Waals surface area contributed by atoms with E-state index in [4.69, 9.17) is 0 Å². The SMILES string of the molecule is O=C(C[C@@H]1C=CS(=O)(=O)C1)N1CCc2nc(-c3cccnc3)[nH]c2C1. The predicted octanol–water partition coefficient (Wildman–Crippen LogP) is 1.30. The van der Waals surface area contributed by atoms with E-state index in [1.54, 1.807) is 23.4 Å². The normalized spacial score (nSPS) is 21.3. The van der Waals surface area contributed by atoms with Crippen LogP contribution in [0.1, 0.15) is 17.8 Å². The molecule has 0 radical (unpaired) electrons. The van der Waals surface area contributed by atoms with Gasteiger partial charge in [0.25, 0.3) is 0 Å². The summed E-state index contributed by atoms with van der Waals surface area (Å²) in [5, 5.41) is 1.22. The molecule has 0 unspecified atom stereocenters. The van der Waals surface area contributed by atoms with E-state index in [1.165, 1.54) is 5.41 Å². The maximum Gasteiger partial charge on any atom is 0.223 e. The summed E-state index contributed by atoms with van der Waals surface area (Å²) in [6.45, 7) is 1.08. The van der Waals surface area contributed by atoms with Crippen LogP contribution < -0.4 is 0 Å². The van der Waals surface area contributed by atoms with E-state index in [0.717, 1.165) is 22.8 Å². The number of nitrogens with zero attached hydrogens (tertiary/aromatic N) is 3. The summed E-state index contributed by atoms with van der Waals surface area (Å²) in [5.41, 5.74) is 2.83. The zero-order chi connectivity index (χ0) is 17.4. The summed E-state index contributed by atoms with van der Waals surface area (Å²) in [6.07, 6.45) is 6.01. The van der Waals surface area contributed by atoms with Gasteiger partial charge in [-0.15, -0.1) is 0 Å². The zero-order valence-electron chi connectivity index (χ0n) is 13.6. The molecule has 1 amide bonds. The van der Waals surface area contributed by atoms with Crippen molar-refractivity contribution < 1.29 is 13.2 Å². The van der Waals surface area contributed by atoms with Gasteiger partial charge in [-0.2, -0.15) is 0 Å². The first-order chi connectivity index (χ1) is 12.0. The Morgan fingerprint density at radius 1 is 1.40 bits per heavy atom. The van der Waals surface area contributed by atoms with Gasteiger partial charge in [0.2, 0.25) is 5.91 Å². The fraction of sp³-hybridized carbons (Fsp3) is 0.353. The molecule has 25 heavy (non-hydrogen) atoms. The van der Waals surface area contributed by atoms with E-state index in [2.05, 4.69) is 15.0 Å². The second-order valence-electron chi connectivity index (χ2n) is 6.44. The topological polar surface area (TPSA) is 96.0 Å². The first-order valence-corrected chi connectivity index (χ1v) is 9.88. The predicted molar refractivity (Wildman–Crippen MR) is 92.0 cm³/mol. The molecular weight excluding hydrogens is 340 g/mol. The Hall–Kier alpha value is -2.48. The maximum absolute atomic E-state index is 12.5. The molecule has 4 rings (SSSR count). The van der Waals surface area contributed by atoms with Crippen LogP contribution in [0.4, 0.5) is 0 Å². The van der Waals surface area contributed by atoms with Crippen molar-refractivity contribution in [3.05, 3.63) is 47.4 Å². The Morgan fingerprint density at radius 3 is 3.00 bits per heavy atom. The number of amides is 1. The highest BCUT2D eigenvalue weighted by molar-refractivity contribution is 7.94. The summed E-state index contributed by atoms with van der Waals surface area (Å²) in [7, 11) is -3.12. The van der Waals surface area contributed by atoms with Crippen LogP contribution in [0.15, 0.2) is 36.0 Å². The van der Waals surface area contributed by atoms with Crippen molar-refractivity contribution in [3.63, 3.8) is 0 Å². The molecule has 130 valence electrons. The largest absolute Gasteiger partial charge is 0.340 e. The molecule has 2 aliphatic rings. The quantitative estimate of drug-likeness (QED) is 0.892. The number of rotatable bonds is 3. The molecule has 7 nitrogen and oxygen atoms in total. The Kier molecular flexibility index (Phi) is 3.91. The zero-order valence-corrected chi connectivity index (χ0v) is 14.4. The Morgan fingerprint density at radius 2 is 2.28 bits per heavy atom. The lowest BCUT2D eigenvalue weighted by atomic mass is 10.1. The minimum absolute atomic E-state index is 0.0186. The third-order valence-corrected chi connectivity index (χ3v) is 6.03. The highest BCUT2D eigenvalue weighted by Gasteiger charge is 2.28. The number of sulfone groups is 1. The highest BCUT2D eigenvalue weighted by Crippen LogP contribution is 2.24. The average Bonchev–Trinajstić information content (AvgIpc) is 3.17. The van der Waals surface area contributed by atoms with Crippen LogP contribution in [0.2, 0.25) is 0 Å². The number of nitrogens with one attached hydrogen (secondary N) is 1. The van der Waals surface area contributed by atoms with Gasteiger partial charge in [0.15, 0.2) is 9.84 Å². The maximum atomic E-state index is 12.5. The van der Waals surface area contributed by atoms with E-state index in [9.17, 15) is 13.2 Å². The molecule has 0 aliphatic carbocycles. The monoisotopic (exact) mass is 358 g/mol. The molecular formula is C17H18N4O3S. The summed E-state index contributed by atoms with van der Waals surface area (Å²) in [6, 6.07) is 3.79. The van der Waals surface area contributed by atoms with E-state index in [-0.39, 0.29) is 24.0 Å². The molecule has 0 spiro atoms. The lowest BCUT2D eigenvalue weighted by Gasteiger charge is -2.27. The number of hydrogen-bond donors (Lipinski definition) is 1. The molecule has 4 heterocycles. The van der Waals surface area contributed by atoms with Gasteiger partial charge in [0, 0.05) is 48.7 Å². The van der Waals surface area contributed by atoms with Crippen LogP contribution in [0, 0.1) is 5.92 Å². The summed E-state index contributed by atoms with van der Waals surface area (Å²) < 4.78 is 22.9. The lowest BCUT2D eigenvalue weighted by Crippen LogP contribution is -2.37. The Labute approximate surface area is 145 Å². The third kappa shape index (κ3) is 3.34. The van der Waals surface area contributed by atoms with Crippen LogP contribution in [0.5, 0.6) is 0 Å². The number of pyridine rings is 1. The van der Waals surface area contributed by atoms with Crippen molar-refractivity contribution in [2.24, 2.45) is 5.92 Å². The molecule has 0 saturated carbocycles. The van der Waals surface area contributed by atoms with Gasteiger partial charge in [0.1, 0.15) is 5.82 Å². The van der Waals surface area contributed by atoms with E-state index in [1.807, 2.05) is 12.1 Å². The van der Waals surface area contributed by atoms with E-state index in [0.29, 0.717) is 19.5 Å². The fourth-order valence-corrected chi connectivity index (χ4v) is 4.67. The van der Waals surface area contributed by atoms with E-state index < -0.39 is 9.84 Å². The van der Waals surface area contributed by atoms with Crippen molar-refractivity contribution >= 4 is 15.7 Å². The van der Waals surface area contributed by atoms with Crippen molar-refractivity contribution in [1.29, 1.82) is 0 Å². The van der Waals surface area contributed by atoms with Crippen LogP contribution >= 0.6 is 0 Å². The number of hydrogen-bond acceptors (Lipinski definition) is 5. The molecule has 0 aromatic carbocycles. The van der Waals surface area contributed by atoms with Gasteiger partial charge in [-0.1, -0.05) is 6.08 Å². The molecule has 8 heteroatoms. The first-order valence-electron chi connectivity index (χ1n) is 8.17. The molecule has 1 N–H and O–H groups in total. The second kappa shape index (κ2) is 6.11. The Bertz CT molecular complexity index is 934. The number of imidazole rings is 1. The molecule has 0 bridgehead atoms. The number of allylic oxidation sites excluding steroid dienone is 1. The standard InChI is InChI=1S/C17H18N4O3S/c22-16(8-12-4-7-25(23,24)11-12)21-6-3-14-15(10-21)20-17(19-14)13-2-1-5-18-9-13/h1-2,4-5,7,9,12H,3,6,8,10-11H2,(H,19,20)/t12-/m0/s1. The molecule has 1 atom stereocenters. The summed E-state index contributed by atoms with van der Waals surface area (Å²) in [4.78, 5) is 26.3. The first kappa shape index (κ1) is 16.0. The minimum Gasteiger partial charge on any atom is -0.340 e. The van der Waals surface area contributed by atoms with Gasteiger partial charge >= 0.3 is 0 Å². The Balaban J connectivity index is 1.45. The van der Waals surface area contributed by atoms with Crippen molar-refractivity contribution in [1.82, 2.24) is 19.9 Å². The number of carbonyl (C=O) groups is 1. The summed E-state index contributed by atoms with van der Waals surface area (Å²) >= 11 is 0. The lowest BCUT2D eigenvalue weighted by molar-refractivity contribution is -0.132. The van der Waals surface area contributed by atoms with Gasteiger partial charge in [-0.3, -0.25) is 9.78 Å². The molecule has 0 saturated heterocycles. The number of aromatic amines is 1. The van der Waals surface area contributed by atoms with Crippen LogP contribution in [0.3, 0.4) is 0 Å². The highest BCUT2D eigenvalue weighted by atomic mass is 32.2. The number of H-pyrrole nitrogens is 1. The molecule has 0 fully saturated rings. The number of fused-ring (bicyclic) bond motifs is 1. The molecule has 2 aromatic rings. The van der Waals surface area contributed by atoms with Gasteiger partial charge < -0.3 is 9.88 Å².